The number of carbonyl (C=O) groups excluding carboxylic acids is 1. The third-order valence-corrected chi connectivity index (χ3v) is 4.99. The lowest BCUT2D eigenvalue weighted by Crippen LogP contribution is -2.29. The second-order valence-electron chi connectivity index (χ2n) is 6.80. The molecule has 8 heteroatoms. The number of hydrogen-bond donors (Lipinski definition) is 2. The van der Waals surface area contributed by atoms with Crippen LogP contribution in [-0.4, -0.2) is 41.1 Å². The van der Waals surface area contributed by atoms with Crippen LogP contribution in [0.3, 0.4) is 0 Å². The molecule has 3 aromatic rings. The molecule has 4 rings (SSSR count). The zero-order valence-electron chi connectivity index (χ0n) is 15.7. The van der Waals surface area contributed by atoms with Crippen LogP contribution in [0.15, 0.2) is 42.6 Å². The topological polar surface area (TPSA) is 81.1 Å². The Bertz CT molecular complexity index is 953. The number of halogens is 1. The van der Waals surface area contributed by atoms with Crippen LogP contribution in [0.2, 0.25) is 0 Å². The number of piperidine rings is 1. The molecule has 1 amide bonds. The highest BCUT2D eigenvalue weighted by Crippen LogP contribution is 2.22. The van der Waals surface area contributed by atoms with E-state index < -0.39 is 0 Å². The molecule has 1 saturated heterocycles. The number of amides is 1. The number of aromatic nitrogens is 3. The van der Waals surface area contributed by atoms with Gasteiger partial charge in [-0.15, -0.1) is 17.5 Å². The Morgan fingerprint density at radius 3 is 2.75 bits per heavy atom. The summed E-state index contributed by atoms with van der Waals surface area (Å²) in [5.41, 5.74) is 1.39. The number of fused-ring (bicyclic) bond motifs is 1. The molecule has 148 valence electrons. The third kappa shape index (κ3) is 4.43. The fraction of sp³-hybridized carbons (Fsp3) is 0.350. The molecule has 7 nitrogen and oxygen atoms in total. The molecule has 0 aliphatic carbocycles. The van der Waals surface area contributed by atoms with Crippen molar-refractivity contribution in [1.29, 1.82) is 0 Å². The van der Waals surface area contributed by atoms with Gasteiger partial charge in [0, 0.05) is 6.54 Å². The van der Waals surface area contributed by atoms with Crippen molar-refractivity contribution in [1.82, 2.24) is 25.6 Å². The number of nitrogens with zero attached hydrogens (tertiary/aromatic N) is 3. The summed E-state index contributed by atoms with van der Waals surface area (Å²) in [6.07, 6.45) is 3.76. The second-order valence-corrected chi connectivity index (χ2v) is 6.80. The highest BCUT2D eigenvalue weighted by atomic mass is 35.5. The van der Waals surface area contributed by atoms with Crippen LogP contribution in [0.1, 0.15) is 34.9 Å². The maximum absolute atomic E-state index is 12.4. The number of rotatable bonds is 5. The van der Waals surface area contributed by atoms with Crippen LogP contribution in [-0.2, 0) is 6.54 Å². The van der Waals surface area contributed by atoms with Gasteiger partial charge in [0.2, 0.25) is 0 Å². The Balaban J connectivity index is 0.00000225. The van der Waals surface area contributed by atoms with E-state index >= 15 is 0 Å². The number of nitrogens with one attached hydrogen (secondary N) is 2. The lowest BCUT2D eigenvalue weighted by atomic mass is 10.1. The molecule has 28 heavy (non-hydrogen) atoms. The van der Waals surface area contributed by atoms with E-state index in [0.29, 0.717) is 18.3 Å². The molecule has 1 aromatic heterocycles. The van der Waals surface area contributed by atoms with Crippen LogP contribution >= 0.6 is 12.4 Å². The van der Waals surface area contributed by atoms with Crippen molar-refractivity contribution in [3.05, 3.63) is 53.9 Å². The molecule has 1 aliphatic heterocycles. The van der Waals surface area contributed by atoms with Gasteiger partial charge in [0.1, 0.15) is 5.75 Å². The first-order valence-corrected chi connectivity index (χ1v) is 9.20. The molecular formula is C20H24ClN5O2. The fourth-order valence-electron chi connectivity index (χ4n) is 3.41. The number of hydrogen-bond acceptors (Lipinski definition) is 5. The van der Waals surface area contributed by atoms with Crippen molar-refractivity contribution in [3.8, 4) is 5.75 Å². The van der Waals surface area contributed by atoms with E-state index in [0.717, 1.165) is 48.0 Å². The van der Waals surface area contributed by atoms with E-state index in [1.165, 1.54) is 0 Å². The van der Waals surface area contributed by atoms with Crippen molar-refractivity contribution >= 4 is 29.1 Å². The van der Waals surface area contributed by atoms with Gasteiger partial charge < -0.3 is 15.4 Å². The predicted molar refractivity (Wildman–Crippen MR) is 110 cm³/mol. The number of benzene rings is 2. The third-order valence-electron chi connectivity index (χ3n) is 4.99. The average molecular weight is 402 g/mol. The summed E-state index contributed by atoms with van der Waals surface area (Å²) in [7, 11) is 1.66. The molecule has 2 N–H and O–H groups in total. The summed E-state index contributed by atoms with van der Waals surface area (Å²) in [5, 5.41) is 16.6. The summed E-state index contributed by atoms with van der Waals surface area (Å²) in [6.45, 7) is 2.39. The Labute approximate surface area is 169 Å². The van der Waals surface area contributed by atoms with Crippen molar-refractivity contribution in [2.75, 3.05) is 20.2 Å². The molecule has 0 atom stereocenters. The van der Waals surface area contributed by atoms with Gasteiger partial charge in [-0.1, -0.05) is 23.4 Å². The smallest absolute Gasteiger partial charge is 0.273 e. The highest BCUT2D eigenvalue weighted by molar-refractivity contribution is 5.92. The predicted octanol–water partition coefficient (Wildman–Crippen LogP) is 2.72. The van der Waals surface area contributed by atoms with Crippen LogP contribution in [0, 0.1) is 0 Å². The van der Waals surface area contributed by atoms with Crippen LogP contribution < -0.4 is 15.4 Å². The Hall–Kier alpha value is -2.64. The van der Waals surface area contributed by atoms with Gasteiger partial charge in [-0.3, -0.25) is 4.79 Å². The summed E-state index contributed by atoms with van der Waals surface area (Å²) in [5.74, 6) is 0.630. The summed E-state index contributed by atoms with van der Waals surface area (Å²) < 4.78 is 7.07. The first kappa shape index (κ1) is 20.1. The van der Waals surface area contributed by atoms with E-state index in [4.69, 9.17) is 4.74 Å². The van der Waals surface area contributed by atoms with Gasteiger partial charge in [0.05, 0.1) is 19.3 Å². The summed E-state index contributed by atoms with van der Waals surface area (Å²) >= 11 is 0. The highest BCUT2D eigenvalue weighted by Gasteiger charge is 2.18. The van der Waals surface area contributed by atoms with Crippen LogP contribution in [0.4, 0.5) is 0 Å². The number of methoxy groups -OCH3 is 1. The molecule has 0 saturated carbocycles. The van der Waals surface area contributed by atoms with E-state index in [-0.39, 0.29) is 18.3 Å². The summed E-state index contributed by atoms with van der Waals surface area (Å²) in [4.78, 5) is 12.4. The normalized spacial score (nSPS) is 14.5. The van der Waals surface area contributed by atoms with E-state index in [9.17, 15) is 4.79 Å². The number of carbonyl (C=O) groups is 1. The molecular weight excluding hydrogens is 378 g/mol. The number of ether oxygens (including phenoxy) is 1. The molecule has 0 spiro atoms. The maximum atomic E-state index is 12.4. The average Bonchev–Trinajstić information content (AvgIpc) is 3.22. The van der Waals surface area contributed by atoms with Gasteiger partial charge >= 0.3 is 0 Å². The zero-order valence-corrected chi connectivity index (χ0v) is 16.5. The second kappa shape index (κ2) is 9.03. The van der Waals surface area contributed by atoms with E-state index in [1.54, 1.807) is 13.3 Å². The molecule has 2 heterocycles. The van der Waals surface area contributed by atoms with Crippen molar-refractivity contribution in [3.63, 3.8) is 0 Å². The van der Waals surface area contributed by atoms with Gasteiger partial charge in [-0.05, 0) is 60.5 Å². The lowest BCUT2D eigenvalue weighted by molar-refractivity contribution is 0.0946. The minimum atomic E-state index is -0.204. The fourth-order valence-corrected chi connectivity index (χ4v) is 3.41. The first-order chi connectivity index (χ1) is 13.2. The van der Waals surface area contributed by atoms with Crippen LogP contribution in [0.5, 0.6) is 5.75 Å². The van der Waals surface area contributed by atoms with Crippen molar-refractivity contribution < 1.29 is 9.53 Å². The van der Waals surface area contributed by atoms with E-state index in [1.807, 2.05) is 35.0 Å². The van der Waals surface area contributed by atoms with Crippen LogP contribution in [0.25, 0.3) is 10.8 Å². The lowest BCUT2D eigenvalue weighted by Gasteiger charge is -2.22. The Morgan fingerprint density at radius 2 is 1.96 bits per heavy atom. The molecule has 1 aliphatic rings. The zero-order chi connectivity index (χ0) is 18.6. The molecule has 2 aromatic carbocycles. The Morgan fingerprint density at radius 1 is 1.21 bits per heavy atom. The monoisotopic (exact) mass is 401 g/mol. The Kier molecular flexibility index (Phi) is 6.49. The minimum absolute atomic E-state index is 0. The largest absolute Gasteiger partial charge is 0.497 e. The standard InChI is InChI=1S/C20H23N5O2.ClH/c1-27-18-5-4-15-10-14(2-3-16(15)11-18)12-22-20(26)19-13-25(24-23-19)17-6-8-21-9-7-17;/h2-5,10-11,13,17,21H,6-9,12H2,1H3,(H,22,26);1H. The quantitative estimate of drug-likeness (QED) is 0.687. The minimum Gasteiger partial charge on any atom is -0.497 e. The van der Waals surface area contributed by atoms with Gasteiger partial charge in [0.15, 0.2) is 5.69 Å². The molecule has 0 unspecified atom stereocenters. The van der Waals surface area contributed by atoms with Gasteiger partial charge in [-0.25, -0.2) is 4.68 Å². The van der Waals surface area contributed by atoms with E-state index in [2.05, 4.69) is 27.0 Å². The maximum Gasteiger partial charge on any atom is 0.273 e. The van der Waals surface area contributed by atoms with Gasteiger partial charge in [0.25, 0.3) is 5.91 Å². The van der Waals surface area contributed by atoms with Crippen molar-refractivity contribution in [2.24, 2.45) is 0 Å². The molecule has 1 fully saturated rings. The summed E-state index contributed by atoms with van der Waals surface area (Å²) in [6, 6.07) is 12.4. The molecule has 0 radical (unpaired) electrons. The molecule has 0 bridgehead atoms. The van der Waals surface area contributed by atoms with Gasteiger partial charge in [-0.2, -0.15) is 0 Å². The SMILES string of the molecule is COc1ccc2cc(CNC(=O)c3cn(C4CCNCC4)nn3)ccc2c1.Cl. The first-order valence-electron chi connectivity index (χ1n) is 9.20. The van der Waals surface area contributed by atoms with Crippen molar-refractivity contribution in [2.45, 2.75) is 25.4 Å².